The van der Waals surface area contributed by atoms with Crippen molar-refractivity contribution in [3.05, 3.63) is 23.2 Å². The molecule has 2 rings (SSSR count). The number of carbonyl (C=O) groups is 1. The van der Waals surface area contributed by atoms with Crippen molar-refractivity contribution >= 4 is 44.8 Å². The van der Waals surface area contributed by atoms with Crippen LogP contribution < -0.4 is 5.32 Å². The van der Waals surface area contributed by atoms with Crippen molar-refractivity contribution in [2.24, 2.45) is 0 Å². The van der Waals surface area contributed by atoms with Crippen molar-refractivity contribution in [3.8, 4) is 0 Å². The van der Waals surface area contributed by atoms with Crippen LogP contribution in [0.15, 0.2) is 23.1 Å². The molecule has 9 heteroatoms. The first-order valence-electron chi connectivity index (χ1n) is 6.18. The lowest BCUT2D eigenvalue weighted by atomic mass is 10.3. The van der Waals surface area contributed by atoms with Crippen molar-refractivity contribution in [2.45, 2.75) is 4.90 Å². The first-order chi connectivity index (χ1) is 9.95. The second kappa shape index (κ2) is 6.93. The molecule has 0 bridgehead atoms. The molecule has 1 heterocycles. The van der Waals surface area contributed by atoms with E-state index < -0.39 is 15.9 Å². The first-order valence-corrected chi connectivity index (χ1v) is 8.53. The molecule has 1 aliphatic heterocycles. The van der Waals surface area contributed by atoms with Crippen LogP contribution in [0.1, 0.15) is 0 Å². The Kier molecular flexibility index (Phi) is 5.45. The van der Waals surface area contributed by atoms with E-state index in [4.69, 9.17) is 27.9 Å². The average Bonchev–Trinajstić information content (AvgIpc) is 2.50. The van der Waals surface area contributed by atoms with Gasteiger partial charge in [-0.15, -0.1) is 11.6 Å². The summed E-state index contributed by atoms with van der Waals surface area (Å²) in [4.78, 5) is 11.4. The third kappa shape index (κ3) is 3.87. The lowest BCUT2D eigenvalue weighted by molar-refractivity contribution is -0.113. The number of anilines is 1. The van der Waals surface area contributed by atoms with E-state index in [1.165, 1.54) is 22.5 Å². The number of hydrogen-bond donors (Lipinski definition) is 1. The Bertz CT molecular complexity index is 630. The minimum Gasteiger partial charge on any atom is -0.379 e. The van der Waals surface area contributed by atoms with Crippen LogP contribution in [0.2, 0.25) is 5.02 Å². The summed E-state index contributed by atoms with van der Waals surface area (Å²) in [5, 5.41) is 2.71. The van der Waals surface area contributed by atoms with E-state index in [0.29, 0.717) is 26.3 Å². The van der Waals surface area contributed by atoms with Crippen molar-refractivity contribution in [2.75, 3.05) is 37.5 Å². The van der Waals surface area contributed by atoms with E-state index in [9.17, 15) is 13.2 Å². The van der Waals surface area contributed by atoms with Crippen molar-refractivity contribution in [1.29, 1.82) is 0 Å². The number of halogens is 2. The fourth-order valence-corrected chi connectivity index (χ4v) is 3.55. The van der Waals surface area contributed by atoms with Gasteiger partial charge in [0.1, 0.15) is 5.88 Å². The maximum absolute atomic E-state index is 12.5. The predicted octanol–water partition coefficient (Wildman–Crippen LogP) is 1.54. The van der Waals surface area contributed by atoms with Gasteiger partial charge < -0.3 is 10.1 Å². The summed E-state index contributed by atoms with van der Waals surface area (Å²) in [5.41, 5.74) is 0.219. The summed E-state index contributed by atoms with van der Waals surface area (Å²) in [6.45, 7) is 1.33. The number of nitrogens with zero attached hydrogens (tertiary/aromatic N) is 1. The molecule has 1 saturated heterocycles. The summed E-state index contributed by atoms with van der Waals surface area (Å²) in [6.07, 6.45) is 0. The van der Waals surface area contributed by atoms with Crippen LogP contribution in [0.5, 0.6) is 0 Å². The molecule has 0 saturated carbocycles. The van der Waals surface area contributed by atoms with Gasteiger partial charge in [0, 0.05) is 13.1 Å². The lowest BCUT2D eigenvalue weighted by Gasteiger charge is -2.26. The van der Waals surface area contributed by atoms with E-state index in [2.05, 4.69) is 5.32 Å². The number of nitrogens with one attached hydrogen (secondary N) is 1. The van der Waals surface area contributed by atoms with Crippen LogP contribution in [0.25, 0.3) is 0 Å². The van der Waals surface area contributed by atoms with Gasteiger partial charge in [-0.1, -0.05) is 11.6 Å². The largest absolute Gasteiger partial charge is 0.379 e. The monoisotopic (exact) mass is 352 g/mol. The second-order valence-electron chi connectivity index (χ2n) is 4.34. The fourth-order valence-electron chi connectivity index (χ4n) is 1.88. The van der Waals surface area contributed by atoms with Crippen molar-refractivity contribution < 1.29 is 17.9 Å². The molecule has 116 valence electrons. The molecule has 0 radical (unpaired) electrons. The minimum absolute atomic E-state index is 0.0682. The number of sulfonamides is 1. The van der Waals surface area contributed by atoms with Crippen LogP contribution in [0.3, 0.4) is 0 Å². The molecule has 6 nitrogen and oxygen atoms in total. The topological polar surface area (TPSA) is 75.7 Å². The molecular formula is C12H14Cl2N2O4S. The zero-order chi connectivity index (χ0) is 15.5. The Labute approximate surface area is 133 Å². The van der Waals surface area contributed by atoms with E-state index in [-0.39, 0.29) is 21.5 Å². The summed E-state index contributed by atoms with van der Waals surface area (Å²) in [6, 6.07) is 4.17. The molecule has 0 atom stereocenters. The molecule has 1 aromatic rings. The number of ether oxygens (including phenoxy) is 1. The highest BCUT2D eigenvalue weighted by Crippen LogP contribution is 2.27. The van der Waals surface area contributed by atoms with Gasteiger partial charge in [0.25, 0.3) is 0 Å². The second-order valence-corrected chi connectivity index (χ2v) is 6.95. The molecule has 0 unspecified atom stereocenters. The average molecular weight is 353 g/mol. The molecule has 1 aromatic carbocycles. The number of alkyl halides is 1. The zero-order valence-corrected chi connectivity index (χ0v) is 13.3. The van der Waals surface area contributed by atoms with Gasteiger partial charge in [0.05, 0.1) is 28.8 Å². The molecule has 21 heavy (non-hydrogen) atoms. The molecule has 1 N–H and O–H groups in total. The maximum Gasteiger partial charge on any atom is 0.243 e. The summed E-state index contributed by atoms with van der Waals surface area (Å²) in [7, 11) is -3.63. The smallest absolute Gasteiger partial charge is 0.243 e. The minimum atomic E-state index is -3.63. The van der Waals surface area contributed by atoms with E-state index >= 15 is 0 Å². The Morgan fingerprint density at radius 2 is 2.00 bits per heavy atom. The summed E-state index contributed by atoms with van der Waals surface area (Å²) >= 11 is 11.4. The molecular weight excluding hydrogens is 339 g/mol. The Morgan fingerprint density at radius 1 is 1.33 bits per heavy atom. The third-order valence-corrected chi connectivity index (χ3v) is 5.41. The van der Waals surface area contributed by atoms with E-state index in [1.54, 1.807) is 0 Å². The van der Waals surface area contributed by atoms with Gasteiger partial charge in [-0.25, -0.2) is 8.42 Å². The molecule has 1 aliphatic rings. The highest BCUT2D eigenvalue weighted by Gasteiger charge is 2.27. The highest BCUT2D eigenvalue weighted by molar-refractivity contribution is 7.89. The van der Waals surface area contributed by atoms with Gasteiger partial charge >= 0.3 is 0 Å². The highest BCUT2D eigenvalue weighted by atomic mass is 35.5. The van der Waals surface area contributed by atoms with Gasteiger partial charge in [-0.3, -0.25) is 4.79 Å². The zero-order valence-electron chi connectivity index (χ0n) is 11.0. The SMILES string of the molecule is O=C(CCl)Nc1cc(S(=O)(=O)N2CCOCC2)ccc1Cl. The Hall–Kier alpha value is -0.860. The van der Waals surface area contributed by atoms with Crippen molar-refractivity contribution in [1.82, 2.24) is 4.31 Å². The lowest BCUT2D eigenvalue weighted by Crippen LogP contribution is -2.40. The number of morpholine rings is 1. The normalized spacial score (nSPS) is 16.7. The summed E-state index contributed by atoms with van der Waals surface area (Å²) in [5.74, 6) is -0.698. The third-order valence-electron chi connectivity index (χ3n) is 2.94. The first kappa shape index (κ1) is 16.5. The fraction of sp³-hybridized carbons (Fsp3) is 0.417. The number of benzene rings is 1. The van der Waals surface area contributed by atoms with Crippen molar-refractivity contribution in [3.63, 3.8) is 0 Å². The number of carbonyl (C=O) groups excluding carboxylic acids is 1. The molecule has 0 spiro atoms. The molecule has 1 amide bonds. The van der Waals surface area contributed by atoms with Gasteiger partial charge in [-0.05, 0) is 18.2 Å². The quantitative estimate of drug-likeness (QED) is 0.834. The van der Waals surface area contributed by atoms with Gasteiger partial charge in [-0.2, -0.15) is 4.31 Å². The van der Waals surface area contributed by atoms with E-state index in [1.807, 2.05) is 0 Å². The Morgan fingerprint density at radius 3 is 2.62 bits per heavy atom. The van der Waals surface area contributed by atoms with Crippen LogP contribution in [-0.4, -0.2) is 50.8 Å². The van der Waals surface area contributed by atoms with Gasteiger partial charge in [0.2, 0.25) is 15.9 Å². The van der Waals surface area contributed by atoms with Crippen LogP contribution in [-0.2, 0) is 19.6 Å². The number of hydrogen-bond acceptors (Lipinski definition) is 4. The van der Waals surface area contributed by atoms with Crippen LogP contribution >= 0.6 is 23.2 Å². The molecule has 0 aliphatic carbocycles. The molecule has 0 aromatic heterocycles. The number of rotatable bonds is 4. The maximum atomic E-state index is 12.5. The van der Waals surface area contributed by atoms with Gasteiger partial charge in [0.15, 0.2) is 0 Å². The number of amides is 1. The van der Waals surface area contributed by atoms with Crippen LogP contribution in [0.4, 0.5) is 5.69 Å². The standard InChI is InChI=1S/C12H14Cl2N2O4S/c13-8-12(17)15-11-7-9(1-2-10(11)14)21(18,19)16-3-5-20-6-4-16/h1-2,7H,3-6,8H2,(H,15,17). The van der Waals surface area contributed by atoms with Crippen LogP contribution in [0, 0.1) is 0 Å². The molecule has 1 fully saturated rings. The summed E-state index contributed by atoms with van der Waals surface area (Å²) < 4.78 is 31.5. The Balaban J connectivity index is 2.30. The predicted molar refractivity (Wildman–Crippen MR) is 80.4 cm³/mol. The van der Waals surface area contributed by atoms with E-state index in [0.717, 1.165) is 0 Å².